The molecular formula is C18H23N3O6. The first-order valence-electron chi connectivity index (χ1n) is 8.70. The smallest absolute Gasteiger partial charge is 0.253 e. The zero-order valence-electron chi connectivity index (χ0n) is 15.2. The number of aliphatic hydroxyl groups excluding tert-OH is 1. The Morgan fingerprint density at radius 3 is 2.37 bits per heavy atom. The van der Waals surface area contributed by atoms with Crippen molar-refractivity contribution in [1.29, 1.82) is 0 Å². The second-order valence-electron chi connectivity index (χ2n) is 6.49. The lowest BCUT2D eigenvalue weighted by Gasteiger charge is -2.28. The summed E-state index contributed by atoms with van der Waals surface area (Å²) < 4.78 is 0. The molecule has 0 aromatic carbocycles. The van der Waals surface area contributed by atoms with E-state index in [1.54, 1.807) is 4.90 Å². The molecule has 0 bridgehead atoms. The van der Waals surface area contributed by atoms with Crippen LogP contribution < -0.4 is 0 Å². The highest BCUT2D eigenvalue weighted by molar-refractivity contribution is 6.12. The van der Waals surface area contributed by atoms with Crippen LogP contribution in [0.2, 0.25) is 0 Å². The molecule has 146 valence electrons. The van der Waals surface area contributed by atoms with Crippen LogP contribution in [0.1, 0.15) is 19.8 Å². The fourth-order valence-corrected chi connectivity index (χ4v) is 2.89. The molecule has 0 fully saturated rings. The highest BCUT2D eigenvalue weighted by Crippen LogP contribution is 2.13. The molecule has 3 amide bonds. The number of carbonyl (C=O) groups is 5. The minimum atomic E-state index is -0.898. The van der Waals surface area contributed by atoms with Gasteiger partial charge in [0.05, 0.1) is 0 Å². The fourth-order valence-electron chi connectivity index (χ4n) is 2.89. The Labute approximate surface area is 156 Å². The van der Waals surface area contributed by atoms with Gasteiger partial charge in [0, 0.05) is 63.3 Å². The lowest BCUT2D eigenvalue weighted by molar-refractivity contribution is -0.139. The van der Waals surface area contributed by atoms with E-state index in [9.17, 15) is 29.1 Å². The predicted octanol–water partition coefficient (Wildman–Crippen LogP) is -1.13. The third kappa shape index (κ3) is 5.66. The molecule has 1 unspecified atom stereocenters. The maximum absolute atomic E-state index is 12.4. The molecule has 0 radical (unpaired) electrons. The van der Waals surface area contributed by atoms with Crippen molar-refractivity contribution >= 4 is 29.8 Å². The predicted molar refractivity (Wildman–Crippen MR) is 94.1 cm³/mol. The Morgan fingerprint density at radius 1 is 1.19 bits per heavy atom. The van der Waals surface area contributed by atoms with Crippen LogP contribution in [-0.4, -0.2) is 88.5 Å². The van der Waals surface area contributed by atoms with Gasteiger partial charge in [0.25, 0.3) is 11.8 Å². The van der Waals surface area contributed by atoms with E-state index in [0.717, 1.165) is 4.90 Å². The number of rotatable bonds is 10. The quantitative estimate of drug-likeness (QED) is 0.378. The molecule has 0 aromatic heterocycles. The molecule has 2 aliphatic heterocycles. The average Bonchev–Trinajstić information content (AvgIpc) is 3.15. The number of aliphatic hydroxyl groups is 1. The van der Waals surface area contributed by atoms with Crippen molar-refractivity contribution in [2.24, 2.45) is 0 Å². The summed E-state index contributed by atoms with van der Waals surface area (Å²) in [5.41, 5.74) is 0.469. The van der Waals surface area contributed by atoms with E-state index in [0.29, 0.717) is 18.4 Å². The van der Waals surface area contributed by atoms with E-state index in [-0.39, 0.29) is 50.7 Å². The number of aldehydes is 1. The van der Waals surface area contributed by atoms with E-state index in [1.165, 1.54) is 30.1 Å². The SMILES string of the molecule is CC(=O)CCC(=O)N(CCN1C(=O)C=CC1=O)CCN1CC(C=O)=CC1O. The van der Waals surface area contributed by atoms with Crippen molar-refractivity contribution < 1.29 is 29.1 Å². The molecule has 0 aliphatic carbocycles. The molecule has 27 heavy (non-hydrogen) atoms. The van der Waals surface area contributed by atoms with Gasteiger partial charge in [0.1, 0.15) is 18.3 Å². The topological polar surface area (TPSA) is 115 Å². The fraction of sp³-hybridized carbons (Fsp3) is 0.500. The lowest BCUT2D eigenvalue weighted by Crippen LogP contribution is -2.45. The van der Waals surface area contributed by atoms with Gasteiger partial charge in [-0.05, 0) is 13.0 Å². The second kappa shape index (κ2) is 9.33. The summed E-state index contributed by atoms with van der Waals surface area (Å²) in [5, 5.41) is 9.93. The standard InChI is InChI=1S/C18H23N3O6/c1-13(23)2-3-15(24)19(8-9-21-16(25)4-5-17(21)26)6-7-20-11-14(12-22)10-18(20)27/h4-5,10,12,18,27H,2-3,6-9,11H2,1H3. The van der Waals surface area contributed by atoms with Crippen LogP contribution in [0.15, 0.2) is 23.8 Å². The van der Waals surface area contributed by atoms with E-state index in [2.05, 4.69) is 0 Å². The molecule has 0 aromatic rings. The van der Waals surface area contributed by atoms with Crippen LogP contribution in [0.3, 0.4) is 0 Å². The largest absolute Gasteiger partial charge is 0.375 e. The molecule has 1 N–H and O–H groups in total. The van der Waals surface area contributed by atoms with Crippen LogP contribution in [0.4, 0.5) is 0 Å². The van der Waals surface area contributed by atoms with Crippen molar-refractivity contribution in [1.82, 2.24) is 14.7 Å². The van der Waals surface area contributed by atoms with Gasteiger partial charge in [-0.15, -0.1) is 0 Å². The van der Waals surface area contributed by atoms with Gasteiger partial charge in [-0.25, -0.2) is 0 Å². The van der Waals surface area contributed by atoms with Crippen LogP contribution >= 0.6 is 0 Å². The first-order chi connectivity index (χ1) is 12.8. The molecule has 2 aliphatic rings. The molecule has 0 saturated heterocycles. The highest BCUT2D eigenvalue weighted by Gasteiger charge is 2.26. The summed E-state index contributed by atoms with van der Waals surface area (Å²) in [6, 6.07) is 0. The molecule has 0 spiro atoms. The Morgan fingerprint density at radius 2 is 1.81 bits per heavy atom. The minimum absolute atomic E-state index is 0.0376. The number of hydrogen-bond donors (Lipinski definition) is 1. The zero-order chi connectivity index (χ0) is 20.0. The summed E-state index contributed by atoms with van der Waals surface area (Å²) in [6.07, 6.45) is 3.73. The summed E-state index contributed by atoms with van der Waals surface area (Å²) in [6.45, 7) is 2.41. The molecule has 2 rings (SSSR count). The Kier molecular flexibility index (Phi) is 7.14. The van der Waals surface area contributed by atoms with Gasteiger partial charge >= 0.3 is 0 Å². The monoisotopic (exact) mass is 377 g/mol. The summed E-state index contributed by atoms with van der Waals surface area (Å²) in [5.74, 6) is -1.22. The number of Topliss-reactive ketones (excluding diaryl/α,β-unsaturated/α-hetero) is 1. The number of imide groups is 1. The van der Waals surface area contributed by atoms with Gasteiger partial charge in [-0.1, -0.05) is 0 Å². The normalized spacial score (nSPS) is 19.6. The van der Waals surface area contributed by atoms with E-state index < -0.39 is 18.0 Å². The van der Waals surface area contributed by atoms with Crippen LogP contribution in [0, 0.1) is 0 Å². The zero-order valence-corrected chi connectivity index (χ0v) is 15.2. The van der Waals surface area contributed by atoms with E-state index in [4.69, 9.17) is 0 Å². The van der Waals surface area contributed by atoms with Gasteiger partial charge in [0.15, 0.2) is 0 Å². The van der Waals surface area contributed by atoms with Gasteiger partial charge < -0.3 is 14.8 Å². The lowest BCUT2D eigenvalue weighted by atomic mass is 10.2. The molecular weight excluding hydrogens is 354 g/mol. The Hall–Kier alpha value is -2.65. The van der Waals surface area contributed by atoms with Gasteiger partial charge in [-0.2, -0.15) is 0 Å². The Bertz CT molecular complexity index is 681. The van der Waals surface area contributed by atoms with Crippen molar-refractivity contribution in [3.05, 3.63) is 23.8 Å². The van der Waals surface area contributed by atoms with Crippen LogP contribution in [0.5, 0.6) is 0 Å². The van der Waals surface area contributed by atoms with Crippen LogP contribution in [0.25, 0.3) is 0 Å². The maximum atomic E-state index is 12.4. The summed E-state index contributed by atoms with van der Waals surface area (Å²) in [7, 11) is 0. The maximum Gasteiger partial charge on any atom is 0.253 e. The molecule has 0 saturated carbocycles. The van der Waals surface area contributed by atoms with E-state index in [1.807, 2.05) is 0 Å². The highest BCUT2D eigenvalue weighted by atomic mass is 16.3. The number of ketones is 1. The first-order valence-corrected chi connectivity index (χ1v) is 8.70. The molecule has 9 nitrogen and oxygen atoms in total. The summed E-state index contributed by atoms with van der Waals surface area (Å²) in [4.78, 5) is 61.9. The number of nitrogens with zero attached hydrogens (tertiary/aromatic N) is 3. The molecule has 2 heterocycles. The van der Waals surface area contributed by atoms with Crippen molar-refractivity contribution in [2.45, 2.75) is 26.0 Å². The molecule has 1 atom stereocenters. The summed E-state index contributed by atoms with van der Waals surface area (Å²) >= 11 is 0. The third-order valence-corrected chi connectivity index (χ3v) is 4.47. The Balaban J connectivity index is 1.93. The number of amides is 3. The first kappa shape index (κ1) is 20.7. The van der Waals surface area contributed by atoms with Crippen molar-refractivity contribution in [3.63, 3.8) is 0 Å². The van der Waals surface area contributed by atoms with E-state index >= 15 is 0 Å². The van der Waals surface area contributed by atoms with Crippen molar-refractivity contribution in [2.75, 3.05) is 32.7 Å². The average molecular weight is 377 g/mol. The van der Waals surface area contributed by atoms with Gasteiger partial charge in [0.2, 0.25) is 5.91 Å². The third-order valence-electron chi connectivity index (χ3n) is 4.47. The van der Waals surface area contributed by atoms with Gasteiger partial charge in [-0.3, -0.25) is 29.0 Å². The van der Waals surface area contributed by atoms with Crippen LogP contribution in [-0.2, 0) is 24.0 Å². The molecule has 9 heteroatoms. The van der Waals surface area contributed by atoms with Crippen molar-refractivity contribution in [3.8, 4) is 0 Å². The minimum Gasteiger partial charge on any atom is -0.375 e. The number of hydrogen-bond acceptors (Lipinski definition) is 7. The number of carbonyl (C=O) groups excluding carboxylic acids is 5. The second-order valence-corrected chi connectivity index (χ2v) is 6.49.